The molecule has 2 aromatic rings. The molecule has 2 heterocycles. The zero-order valence-electron chi connectivity index (χ0n) is 13.2. The molecule has 0 saturated carbocycles. The number of alkyl halides is 3. The van der Waals surface area contributed by atoms with Crippen molar-refractivity contribution in [2.45, 2.75) is 18.4 Å². The van der Waals surface area contributed by atoms with Gasteiger partial charge in [0, 0.05) is 36.6 Å². The van der Waals surface area contributed by atoms with E-state index in [-0.39, 0.29) is 11.7 Å². The van der Waals surface area contributed by atoms with Crippen LogP contribution in [0.5, 0.6) is 5.75 Å². The Hall–Kier alpha value is -2.41. The van der Waals surface area contributed by atoms with Gasteiger partial charge in [0.15, 0.2) is 0 Å². The van der Waals surface area contributed by atoms with Gasteiger partial charge >= 0.3 is 5.57 Å². The quantitative estimate of drug-likeness (QED) is 0.808. The summed E-state index contributed by atoms with van der Waals surface area (Å²) >= 11 is 4.70. The van der Waals surface area contributed by atoms with Crippen molar-refractivity contribution in [3.05, 3.63) is 48.2 Å². The van der Waals surface area contributed by atoms with Crippen molar-refractivity contribution in [1.29, 1.82) is 0 Å². The zero-order chi connectivity index (χ0) is 17.9. The Bertz CT molecular complexity index is 727. The van der Waals surface area contributed by atoms with Crippen molar-refractivity contribution < 1.29 is 18.3 Å². The number of nitrogens with one attached hydrogen (secondary N) is 1. The van der Waals surface area contributed by atoms with Crippen LogP contribution in [0.4, 0.5) is 20.3 Å². The second-order valence-corrected chi connectivity index (χ2v) is 6.07. The third-order valence-corrected chi connectivity index (χ3v) is 3.86. The monoisotopic (exact) mass is 367 g/mol. The van der Waals surface area contributed by atoms with Crippen LogP contribution in [0, 0.1) is 0 Å². The third kappa shape index (κ3) is 4.79. The van der Waals surface area contributed by atoms with Gasteiger partial charge in [-0.3, -0.25) is 4.79 Å². The lowest BCUT2D eigenvalue weighted by Crippen LogP contribution is -2.19. The van der Waals surface area contributed by atoms with Gasteiger partial charge in [0.1, 0.15) is 11.6 Å². The van der Waals surface area contributed by atoms with Crippen LogP contribution in [0.2, 0.25) is 0 Å². The number of hydrogen-bond acceptors (Lipinski definition) is 4. The normalized spacial score (nSPS) is 14.4. The van der Waals surface area contributed by atoms with Crippen molar-refractivity contribution in [1.82, 2.24) is 4.98 Å². The molecule has 1 N–H and O–H groups in total. The molecule has 0 aliphatic carbocycles. The fourth-order valence-electron chi connectivity index (χ4n) is 2.60. The smallest absolute Gasteiger partial charge is 0.420 e. The Morgan fingerprint density at radius 2 is 1.84 bits per heavy atom. The van der Waals surface area contributed by atoms with Crippen LogP contribution in [0.25, 0.3) is 0 Å². The van der Waals surface area contributed by atoms with E-state index in [9.17, 15) is 13.6 Å². The highest BCUT2D eigenvalue weighted by atomic mass is 35.5. The number of pyridine rings is 1. The van der Waals surface area contributed by atoms with Gasteiger partial charge in [0.05, 0.1) is 5.56 Å². The van der Waals surface area contributed by atoms with Crippen LogP contribution in [-0.2, 0) is 0 Å². The first-order valence-electron chi connectivity index (χ1n) is 7.79. The van der Waals surface area contributed by atoms with Gasteiger partial charge in [-0.1, -0.05) is 0 Å². The second-order valence-electron chi connectivity index (χ2n) is 5.63. The summed E-state index contributed by atoms with van der Waals surface area (Å²) in [7, 11) is 0. The number of anilines is 2. The van der Waals surface area contributed by atoms with Gasteiger partial charge < -0.3 is 15.0 Å². The number of amides is 1. The van der Waals surface area contributed by atoms with Gasteiger partial charge in [-0.2, -0.15) is 0 Å². The van der Waals surface area contributed by atoms with E-state index in [2.05, 4.69) is 19.9 Å². The minimum atomic E-state index is -3.77. The summed E-state index contributed by atoms with van der Waals surface area (Å²) in [5.74, 6) is 0.420. The summed E-state index contributed by atoms with van der Waals surface area (Å²) in [6.45, 7) is 1.96. The molecule has 1 aromatic heterocycles. The van der Waals surface area contributed by atoms with E-state index in [1.165, 1.54) is 30.5 Å². The van der Waals surface area contributed by atoms with E-state index in [1.807, 2.05) is 6.07 Å². The average Bonchev–Trinajstić information content (AvgIpc) is 3.10. The first kappa shape index (κ1) is 17.4. The zero-order valence-corrected chi connectivity index (χ0v) is 14.0. The van der Waals surface area contributed by atoms with Crippen LogP contribution in [0.3, 0.4) is 0 Å². The Morgan fingerprint density at radius 1 is 1.16 bits per heavy atom. The summed E-state index contributed by atoms with van der Waals surface area (Å²) in [6, 6.07) is 9.01. The molecule has 132 valence electrons. The summed E-state index contributed by atoms with van der Waals surface area (Å²) in [5.41, 5.74) is -2.91. The predicted molar refractivity (Wildman–Crippen MR) is 91.5 cm³/mol. The summed E-state index contributed by atoms with van der Waals surface area (Å²) in [5, 5.41) is 2.67. The number of nitrogens with zero attached hydrogens (tertiary/aromatic N) is 2. The highest BCUT2D eigenvalue weighted by Gasteiger charge is 2.27. The van der Waals surface area contributed by atoms with E-state index >= 15 is 0 Å². The molecular formula is C17H16ClF2N3O2. The second kappa shape index (κ2) is 7.23. The van der Waals surface area contributed by atoms with Gasteiger partial charge in [-0.15, -0.1) is 8.78 Å². The average molecular weight is 368 g/mol. The standard InChI is InChI=1S/C17H16ClF2N3O2/c18-17(19,20)25-14-6-4-13(5-7-14)22-16(24)12-3-8-15(21-11-12)23-9-1-2-10-23/h3-8,11H,1-2,9-10H2,(H,22,24). The summed E-state index contributed by atoms with van der Waals surface area (Å²) in [6.07, 6.45) is 3.83. The van der Waals surface area contributed by atoms with Crippen molar-refractivity contribution in [3.8, 4) is 5.75 Å². The Kier molecular flexibility index (Phi) is 5.03. The Labute approximate surface area is 148 Å². The lowest BCUT2D eigenvalue weighted by molar-refractivity contribution is -0.0964. The Morgan fingerprint density at radius 3 is 2.40 bits per heavy atom. The van der Waals surface area contributed by atoms with Gasteiger partial charge in [-0.25, -0.2) is 4.98 Å². The van der Waals surface area contributed by atoms with Gasteiger partial charge in [0.2, 0.25) is 0 Å². The number of hydrogen-bond donors (Lipinski definition) is 1. The number of rotatable bonds is 5. The number of ether oxygens (including phenoxy) is 1. The molecule has 25 heavy (non-hydrogen) atoms. The van der Waals surface area contributed by atoms with Crippen LogP contribution in [0.1, 0.15) is 23.2 Å². The molecule has 3 rings (SSSR count). The van der Waals surface area contributed by atoms with E-state index in [0.717, 1.165) is 31.7 Å². The summed E-state index contributed by atoms with van der Waals surface area (Å²) < 4.78 is 29.3. The lowest BCUT2D eigenvalue weighted by Gasteiger charge is -2.16. The molecule has 5 nitrogen and oxygen atoms in total. The molecule has 0 atom stereocenters. The highest BCUT2D eigenvalue weighted by molar-refractivity contribution is 6.20. The number of benzene rings is 1. The molecular weight excluding hydrogens is 352 g/mol. The maximum Gasteiger partial charge on any atom is 0.487 e. The van der Waals surface area contributed by atoms with Crippen molar-refractivity contribution in [3.63, 3.8) is 0 Å². The van der Waals surface area contributed by atoms with E-state index < -0.39 is 5.57 Å². The molecule has 1 aromatic carbocycles. The molecule has 0 radical (unpaired) electrons. The van der Waals surface area contributed by atoms with Gasteiger partial charge in [-0.05, 0) is 49.2 Å². The van der Waals surface area contributed by atoms with Crippen LogP contribution < -0.4 is 15.0 Å². The van der Waals surface area contributed by atoms with Crippen LogP contribution in [-0.4, -0.2) is 29.5 Å². The van der Waals surface area contributed by atoms with Gasteiger partial charge in [0.25, 0.3) is 5.91 Å². The number of carbonyl (C=O) groups excluding carboxylic acids is 1. The van der Waals surface area contributed by atoms with Crippen molar-refractivity contribution in [2.75, 3.05) is 23.3 Å². The first-order chi connectivity index (χ1) is 11.9. The largest absolute Gasteiger partial charge is 0.487 e. The molecule has 1 aliphatic rings. The van der Waals surface area contributed by atoms with Crippen LogP contribution in [0.15, 0.2) is 42.6 Å². The minimum absolute atomic E-state index is 0.102. The molecule has 8 heteroatoms. The molecule has 1 aliphatic heterocycles. The molecule has 0 bridgehead atoms. The van der Waals surface area contributed by atoms with Crippen molar-refractivity contribution >= 4 is 29.0 Å². The SMILES string of the molecule is O=C(Nc1ccc(OC(F)(F)Cl)cc1)c1ccc(N2CCCC2)nc1. The number of carbonyl (C=O) groups is 1. The molecule has 1 amide bonds. The Balaban J connectivity index is 1.61. The molecule has 0 spiro atoms. The fraction of sp³-hybridized carbons (Fsp3) is 0.294. The predicted octanol–water partition coefficient (Wildman–Crippen LogP) is 4.10. The topological polar surface area (TPSA) is 54.5 Å². The number of halogens is 3. The third-order valence-electron chi connectivity index (χ3n) is 3.79. The van der Waals surface area contributed by atoms with E-state index in [0.29, 0.717) is 11.3 Å². The molecule has 0 unspecified atom stereocenters. The lowest BCUT2D eigenvalue weighted by atomic mass is 10.2. The van der Waals surface area contributed by atoms with E-state index in [1.54, 1.807) is 6.07 Å². The molecule has 1 saturated heterocycles. The maximum atomic E-state index is 12.5. The first-order valence-corrected chi connectivity index (χ1v) is 8.17. The molecule has 1 fully saturated rings. The highest BCUT2D eigenvalue weighted by Crippen LogP contribution is 2.26. The number of aromatic nitrogens is 1. The maximum absolute atomic E-state index is 12.5. The minimum Gasteiger partial charge on any atom is -0.420 e. The van der Waals surface area contributed by atoms with Crippen LogP contribution >= 0.6 is 11.6 Å². The fourth-order valence-corrected chi connectivity index (χ4v) is 2.69. The summed E-state index contributed by atoms with van der Waals surface area (Å²) in [4.78, 5) is 18.7. The van der Waals surface area contributed by atoms with Crippen molar-refractivity contribution in [2.24, 2.45) is 0 Å². The van der Waals surface area contributed by atoms with E-state index in [4.69, 9.17) is 11.6 Å².